The monoisotopic (exact) mass is 200 g/mol. The van der Waals surface area contributed by atoms with Crippen molar-refractivity contribution in [1.82, 2.24) is 0 Å². The van der Waals surface area contributed by atoms with Crippen LogP contribution in [0, 0.1) is 18.3 Å². The van der Waals surface area contributed by atoms with E-state index in [-0.39, 0.29) is 0 Å². The number of allylic oxidation sites excluding steroid dienone is 1. The van der Waals surface area contributed by atoms with Crippen LogP contribution in [0.3, 0.4) is 0 Å². The lowest BCUT2D eigenvalue weighted by molar-refractivity contribution is 1.06. The van der Waals surface area contributed by atoms with Crippen molar-refractivity contribution in [3.05, 3.63) is 41.5 Å². The highest BCUT2D eigenvalue weighted by molar-refractivity contribution is 5.51. The Balaban J connectivity index is 2.57. The molecule has 0 aliphatic heterocycles. The summed E-state index contributed by atoms with van der Waals surface area (Å²) in [4.78, 5) is 0. The Labute approximate surface area is 91.2 Å². The van der Waals surface area contributed by atoms with Gasteiger partial charge in [-0.15, -0.1) is 0 Å². The maximum absolute atomic E-state index is 8.78. The molecule has 0 amide bonds. The minimum absolute atomic E-state index is 0.744. The zero-order chi connectivity index (χ0) is 11.1. The number of anilines is 1. The predicted molar refractivity (Wildman–Crippen MR) is 63.8 cm³/mol. The molecule has 1 aromatic rings. The quantitative estimate of drug-likeness (QED) is 0.598. The van der Waals surface area contributed by atoms with Crippen molar-refractivity contribution in [2.45, 2.75) is 20.3 Å². The molecule has 1 aromatic carbocycles. The first-order valence-corrected chi connectivity index (χ1v) is 5.13. The van der Waals surface area contributed by atoms with E-state index in [1.807, 2.05) is 38.1 Å². The van der Waals surface area contributed by atoms with Crippen LogP contribution in [0.5, 0.6) is 0 Å². The topological polar surface area (TPSA) is 35.8 Å². The Bertz CT molecular complexity index is 386. The molecule has 15 heavy (non-hydrogen) atoms. The third kappa shape index (κ3) is 3.47. The molecule has 1 rings (SSSR count). The average molecular weight is 200 g/mol. The van der Waals surface area contributed by atoms with Gasteiger partial charge in [0.1, 0.15) is 0 Å². The van der Waals surface area contributed by atoms with E-state index in [9.17, 15) is 0 Å². The van der Waals surface area contributed by atoms with Crippen molar-refractivity contribution in [3.8, 4) is 6.07 Å². The van der Waals surface area contributed by atoms with Crippen LogP contribution in [-0.4, -0.2) is 6.54 Å². The van der Waals surface area contributed by atoms with Gasteiger partial charge in [-0.25, -0.2) is 0 Å². The number of nitrogens with zero attached hydrogens (tertiary/aromatic N) is 1. The molecule has 0 saturated carbocycles. The second-order valence-corrected chi connectivity index (χ2v) is 3.43. The summed E-state index contributed by atoms with van der Waals surface area (Å²) in [6.07, 6.45) is 5.20. The van der Waals surface area contributed by atoms with Gasteiger partial charge in [0.05, 0.1) is 11.6 Å². The highest BCUT2D eigenvalue weighted by Gasteiger charge is 1.97. The van der Waals surface area contributed by atoms with Gasteiger partial charge < -0.3 is 5.32 Å². The van der Waals surface area contributed by atoms with E-state index in [1.54, 1.807) is 0 Å². The lowest BCUT2D eigenvalue weighted by atomic mass is 10.1. The van der Waals surface area contributed by atoms with E-state index in [0.29, 0.717) is 0 Å². The predicted octanol–water partition coefficient (Wildman–Crippen LogP) is 3.24. The fourth-order valence-electron chi connectivity index (χ4n) is 1.37. The third-order valence-electron chi connectivity index (χ3n) is 2.22. The Kier molecular flexibility index (Phi) is 4.43. The molecule has 0 unspecified atom stereocenters. The van der Waals surface area contributed by atoms with E-state index < -0.39 is 0 Å². The van der Waals surface area contributed by atoms with Gasteiger partial charge in [0.2, 0.25) is 0 Å². The molecule has 0 aliphatic carbocycles. The molecule has 0 aliphatic rings. The molecular weight excluding hydrogens is 184 g/mol. The van der Waals surface area contributed by atoms with Crippen LogP contribution in [0.4, 0.5) is 5.69 Å². The normalized spacial score (nSPS) is 10.2. The number of nitriles is 1. The van der Waals surface area contributed by atoms with Gasteiger partial charge in [0.15, 0.2) is 0 Å². The number of rotatable bonds is 4. The van der Waals surface area contributed by atoms with Gasteiger partial charge in [0, 0.05) is 12.2 Å². The summed E-state index contributed by atoms with van der Waals surface area (Å²) < 4.78 is 0. The third-order valence-corrected chi connectivity index (χ3v) is 2.22. The molecule has 0 spiro atoms. The maximum atomic E-state index is 8.78. The molecule has 0 heterocycles. The van der Waals surface area contributed by atoms with E-state index >= 15 is 0 Å². The maximum Gasteiger partial charge on any atom is 0.0994 e. The zero-order valence-corrected chi connectivity index (χ0v) is 9.25. The molecule has 0 atom stereocenters. The molecule has 0 radical (unpaired) electrons. The summed E-state index contributed by atoms with van der Waals surface area (Å²) >= 11 is 0. The molecule has 0 aromatic heterocycles. The smallest absolute Gasteiger partial charge is 0.0994 e. The Morgan fingerprint density at radius 2 is 2.27 bits per heavy atom. The van der Waals surface area contributed by atoms with Crippen LogP contribution in [0.25, 0.3) is 0 Å². The molecule has 2 heteroatoms. The Hall–Kier alpha value is -1.75. The number of aryl methyl sites for hydroxylation is 1. The highest BCUT2D eigenvalue weighted by atomic mass is 14.9. The van der Waals surface area contributed by atoms with E-state index in [2.05, 4.69) is 17.5 Å². The first-order valence-electron chi connectivity index (χ1n) is 5.13. The van der Waals surface area contributed by atoms with Crippen molar-refractivity contribution < 1.29 is 0 Å². The molecule has 2 nitrogen and oxygen atoms in total. The second-order valence-electron chi connectivity index (χ2n) is 3.43. The van der Waals surface area contributed by atoms with Crippen LogP contribution >= 0.6 is 0 Å². The minimum Gasteiger partial charge on any atom is -0.385 e. The van der Waals surface area contributed by atoms with Gasteiger partial charge in [-0.1, -0.05) is 12.2 Å². The SMILES string of the molecule is C/C=C/CCNc1ccc(C#N)c(C)c1. The molecule has 0 saturated heterocycles. The van der Waals surface area contributed by atoms with Crippen LogP contribution in [0.2, 0.25) is 0 Å². The zero-order valence-electron chi connectivity index (χ0n) is 9.25. The van der Waals surface area contributed by atoms with Crippen LogP contribution in [0.1, 0.15) is 24.5 Å². The average Bonchev–Trinajstić information content (AvgIpc) is 2.25. The Morgan fingerprint density at radius 3 is 2.87 bits per heavy atom. The fourth-order valence-corrected chi connectivity index (χ4v) is 1.37. The van der Waals surface area contributed by atoms with E-state index in [0.717, 1.165) is 29.8 Å². The van der Waals surface area contributed by atoms with Gasteiger partial charge in [0.25, 0.3) is 0 Å². The van der Waals surface area contributed by atoms with Crippen molar-refractivity contribution in [3.63, 3.8) is 0 Å². The van der Waals surface area contributed by atoms with Crippen molar-refractivity contribution in [2.24, 2.45) is 0 Å². The molecule has 0 fully saturated rings. The molecule has 1 N–H and O–H groups in total. The number of benzene rings is 1. The lowest BCUT2D eigenvalue weighted by Gasteiger charge is -2.06. The Morgan fingerprint density at radius 1 is 1.47 bits per heavy atom. The highest BCUT2D eigenvalue weighted by Crippen LogP contribution is 2.14. The van der Waals surface area contributed by atoms with Gasteiger partial charge in [-0.05, 0) is 44.0 Å². The standard InChI is InChI=1S/C13H16N2/c1-3-4-5-8-15-13-7-6-12(10-14)11(2)9-13/h3-4,6-7,9,15H,5,8H2,1-2H3/b4-3+. The van der Waals surface area contributed by atoms with Crippen molar-refractivity contribution in [1.29, 1.82) is 5.26 Å². The van der Waals surface area contributed by atoms with Crippen molar-refractivity contribution in [2.75, 3.05) is 11.9 Å². The molecule has 0 bridgehead atoms. The first-order chi connectivity index (χ1) is 7.27. The second kappa shape index (κ2) is 5.87. The van der Waals surface area contributed by atoms with Crippen LogP contribution < -0.4 is 5.32 Å². The molecule has 78 valence electrons. The first kappa shape index (κ1) is 11.3. The minimum atomic E-state index is 0.744. The molecular formula is C13H16N2. The number of hydrogen-bond donors (Lipinski definition) is 1. The van der Waals surface area contributed by atoms with Crippen molar-refractivity contribution >= 4 is 5.69 Å². The van der Waals surface area contributed by atoms with Crippen LogP contribution in [-0.2, 0) is 0 Å². The van der Waals surface area contributed by atoms with Crippen LogP contribution in [0.15, 0.2) is 30.4 Å². The number of nitrogens with one attached hydrogen (secondary N) is 1. The fraction of sp³-hybridized carbons (Fsp3) is 0.308. The summed E-state index contributed by atoms with van der Waals surface area (Å²) in [6.45, 7) is 4.90. The van der Waals surface area contributed by atoms with E-state index in [1.165, 1.54) is 0 Å². The summed E-state index contributed by atoms with van der Waals surface area (Å²) in [5, 5.41) is 12.1. The van der Waals surface area contributed by atoms with Gasteiger partial charge in [-0.2, -0.15) is 5.26 Å². The van der Waals surface area contributed by atoms with Gasteiger partial charge in [-0.3, -0.25) is 0 Å². The summed E-state index contributed by atoms with van der Waals surface area (Å²) in [7, 11) is 0. The van der Waals surface area contributed by atoms with Gasteiger partial charge >= 0.3 is 0 Å². The lowest BCUT2D eigenvalue weighted by Crippen LogP contribution is -2.00. The number of hydrogen-bond acceptors (Lipinski definition) is 2. The summed E-state index contributed by atoms with van der Waals surface area (Å²) in [5.74, 6) is 0. The summed E-state index contributed by atoms with van der Waals surface area (Å²) in [5.41, 5.74) is 2.85. The largest absolute Gasteiger partial charge is 0.385 e. The van der Waals surface area contributed by atoms with E-state index in [4.69, 9.17) is 5.26 Å². The summed E-state index contributed by atoms with van der Waals surface area (Å²) in [6, 6.07) is 7.97.